The van der Waals surface area contributed by atoms with Crippen molar-refractivity contribution in [2.75, 3.05) is 5.32 Å². The van der Waals surface area contributed by atoms with E-state index in [1.165, 1.54) is 0 Å². The summed E-state index contributed by atoms with van der Waals surface area (Å²) < 4.78 is 0. The molecule has 1 saturated carbocycles. The molecule has 0 bridgehead atoms. The van der Waals surface area contributed by atoms with Crippen molar-refractivity contribution in [3.63, 3.8) is 0 Å². The topological polar surface area (TPSA) is 75.3 Å². The number of aromatic hydroxyl groups is 1. The third-order valence-corrected chi connectivity index (χ3v) is 2.52. The quantitative estimate of drug-likeness (QED) is 0.650. The Morgan fingerprint density at radius 2 is 2.27 bits per heavy atom. The highest BCUT2D eigenvalue weighted by molar-refractivity contribution is 5.94. The third kappa shape index (κ3) is 2.27. The van der Waals surface area contributed by atoms with Crippen LogP contribution in [0.5, 0.6) is 5.75 Å². The lowest BCUT2D eigenvalue weighted by Gasteiger charge is -2.07. The molecule has 1 fully saturated rings. The van der Waals surface area contributed by atoms with Gasteiger partial charge in [0.1, 0.15) is 5.75 Å². The third-order valence-electron chi connectivity index (χ3n) is 2.52. The van der Waals surface area contributed by atoms with Crippen LogP contribution in [-0.2, 0) is 11.3 Å². The second kappa shape index (κ2) is 3.90. The van der Waals surface area contributed by atoms with E-state index in [9.17, 15) is 9.90 Å². The van der Waals surface area contributed by atoms with Crippen molar-refractivity contribution in [1.29, 1.82) is 0 Å². The van der Waals surface area contributed by atoms with Crippen LogP contribution in [0.3, 0.4) is 0 Å². The first-order chi connectivity index (χ1) is 7.20. The normalized spacial score (nSPS) is 15.0. The second-order valence-electron chi connectivity index (χ2n) is 3.81. The van der Waals surface area contributed by atoms with E-state index in [0.717, 1.165) is 12.8 Å². The summed E-state index contributed by atoms with van der Waals surface area (Å²) in [7, 11) is 0. The standard InChI is InChI=1S/C11H14N2O2/c12-6-8-5-9(3-4-10(8)14)13-11(15)7-1-2-7/h3-5,7,14H,1-2,6,12H2,(H,13,15). The molecule has 4 heteroatoms. The Balaban J connectivity index is 2.10. The van der Waals surface area contributed by atoms with Crippen molar-refractivity contribution in [2.45, 2.75) is 19.4 Å². The first kappa shape index (κ1) is 9.98. The summed E-state index contributed by atoms with van der Waals surface area (Å²) in [6, 6.07) is 4.93. The number of nitrogens with one attached hydrogen (secondary N) is 1. The summed E-state index contributed by atoms with van der Waals surface area (Å²) in [4.78, 5) is 11.5. The zero-order chi connectivity index (χ0) is 10.8. The molecule has 0 spiro atoms. The Hall–Kier alpha value is -1.55. The van der Waals surface area contributed by atoms with Gasteiger partial charge in [0, 0.05) is 23.7 Å². The fourth-order valence-corrected chi connectivity index (χ4v) is 1.42. The van der Waals surface area contributed by atoms with Crippen LogP contribution in [0.15, 0.2) is 18.2 Å². The van der Waals surface area contributed by atoms with Gasteiger partial charge in [-0.15, -0.1) is 0 Å². The van der Waals surface area contributed by atoms with Crippen molar-refractivity contribution in [2.24, 2.45) is 11.7 Å². The fraction of sp³-hybridized carbons (Fsp3) is 0.364. The van der Waals surface area contributed by atoms with Crippen molar-refractivity contribution in [1.82, 2.24) is 0 Å². The first-order valence-corrected chi connectivity index (χ1v) is 5.03. The van der Waals surface area contributed by atoms with Gasteiger partial charge in [0.25, 0.3) is 0 Å². The van der Waals surface area contributed by atoms with Crippen LogP contribution in [-0.4, -0.2) is 11.0 Å². The number of amides is 1. The summed E-state index contributed by atoms with van der Waals surface area (Å²) in [6.45, 7) is 0.263. The molecule has 0 aromatic heterocycles. The van der Waals surface area contributed by atoms with E-state index >= 15 is 0 Å². The highest BCUT2D eigenvalue weighted by Gasteiger charge is 2.29. The Bertz CT molecular complexity index is 386. The first-order valence-electron chi connectivity index (χ1n) is 5.03. The fourth-order valence-electron chi connectivity index (χ4n) is 1.42. The number of phenolic OH excluding ortho intramolecular Hbond substituents is 1. The number of anilines is 1. The van der Waals surface area contributed by atoms with Gasteiger partial charge in [-0.25, -0.2) is 0 Å². The van der Waals surface area contributed by atoms with Crippen molar-refractivity contribution in [3.8, 4) is 5.75 Å². The van der Waals surface area contributed by atoms with E-state index in [1.807, 2.05) is 0 Å². The Labute approximate surface area is 88.1 Å². The minimum atomic E-state index is 0.0589. The van der Waals surface area contributed by atoms with Crippen LogP contribution in [0.4, 0.5) is 5.69 Å². The molecule has 0 atom stereocenters. The number of hydrogen-bond donors (Lipinski definition) is 3. The predicted molar refractivity (Wildman–Crippen MR) is 57.4 cm³/mol. The van der Waals surface area contributed by atoms with Crippen molar-refractivity contribution in [3.05, 3.63) is 23.8 Å². The second-order valence-corrected chi connectivity index (χ2v) is 3.81. The Morgan fingerprint density at radius 3 is 2.87 bits per heavy atom. The number of benzene rings is 1. The van der Waals surface area contributed by atoms with E-state index in [-0.39, 0.29) is 24.1 Å². The molecule has 0 heterocycles. The Kier molecular flexibility index (Phi) is 2.60. The zero-order valence-electron chi connectivity index (χ0n) is 8.36. The molecule has 0 unspecified atom stereocenters. The van der Waals surface area contributed by atoms with Crippen molar-refractivity contribution < 1.29 is 9.90 Å². The molecular formula is C11H14N2O2. The molecule has 1 aliphatic carbocycles. The lowest BCUT2D eigenvalue weighted by molar-refractivity contribution is -0.117. The molecule has 15 heavy (non-hydrogen) atoms. The highest BCUT2D eigenvalue weighted by atomic mass is 16.3. The summed E-state index contributed by atoms with van der Waals surface area (Å²) in [5.41, 5.74) is 6.79. The molecule has 0 aliphatic heterocycles. The van der Waals surface area contributed by atoms with Gasteiger partial charge in [-0.2, -0.15) is 0 Å². The molecule has 1 aliphatic rings. The van der Waals surface area contributed by atoms with Gasteiger partial charge in [0.15, 0.2) is 0 Å². The summed E-state index contributed by atoms with van der Waals surface area (Å²) in [6.07, 6.45) is 1.96. The van der Waals surface area contributed by atoms with Crippen LogP contribution < -0.4 is 11.1 Å². The summed E-state index contributed by atoms with van der Waals surface area (Å²) >= 11 is 0. The maximum absolute atomic E-state index is 11.5. The average molecular weight is 206 g/mol. The lowest BCUT2D eigenvalue weighted by atomic mass is 10.1. The van der Waals surface area contributed by atoms with Gasteiger partial charge in [0.2, 0.25) is 5.91 Å². The van der Waals surface area contributed by atoms with Gasteiger partial charge in [0.05, 0.1) is 0 Å². The van der Waals surface area contributed by atoms with Gasteiger partial charge >= 0.3 is 0 Å². The van der Waals surface area contributed by atoms with Crippen LogP contribution >= 0.6 is 0 Å². The summed E-state index contributed by atoms with van der Waals surface area (Å²) in [5, 5.41) is 12.2. The number of carbonyl (C=O) groups excluding carboxylic acids is 1. The summed E-state index contributed by atoms with van der Waals surface area (Å²) in [5.74, 6) is 0.408. The van der Waals surface area contributed by atoms with Gasteiger partial charge in [-0.05, 0) is 31.0 Å². The number of phenols is 1. The number of carbonyl (C=O) groups is 1. The van der Waals surface area contributed by atoms with Crippen LogP contribution in [0.25, 0.3) is 0 Å². The largest absolute Gasteiger partial charge is 0.508 e. The molecule has 1 aromatic carbocycles. The van der Waals surface area contributed by atoms with Gasteiger partial charge in [-0.1, -0.05) is 0 Å². The van der Waals surface area contributed by atoms with Crippen LogP contribution in [0, 0.1) is 5.92 Å². The molecule has 80 valence electrons. The van der Waals surface area contributed by atoms with Crippen LogP contribution in [0.2, 0.25) is 0 Å². The maximum Gasteiger partial charge on any atom is 0.227 e. The molecule has 1 aromatic rings. The van der Waals surface area contributed by atoms with E-state index in [0.29, 0.717) is 11.3 Å². The zero-order valence-corrected chi connectivity index (χ0v) is 8.36. The monoisotopic (exact) mass is 206 g/mol. The SMILES string of the molecule is NCc1cc(NC(=O)C2CC2)ccc1O. The van der Waals surface area contributed by atoms with Gasteiger partial charge < -0.3 is 16.2 Å². The Morgan fingerprint density at radius 1 is 1.53 bits per heavy atom. The predicted octanol–water partition coefficient (Wildman–Crippen LogP) is 1.20. The molecular weight excluding hydrogens is 192 g/mol. The van der Waals surface area contributed by atoms with Gasteiger partial charge in [-0.3, -0.25) is 4.79 Å². The molecule has 2 rings (SSSR count). The molecule has 1 amide bonds. The molecule has 0 saturated heterocycles. The van der Waals surface area contributed by atoms with E-state index < -0.39 is 0 Å². The lowest BCUT2D eigenvalue weighted by Crippen LogP contribution is -2.13. The van der Waals surface area contributed by atoms with E-state index in [4.69, 9.17) is 5.73 Å². The smallest absolute Gasteiger partial charge is 0.227 e. The van der Waals surface area contributed by atoms with Crippen LogP contribution in [0.1, 0.15) is 18.4 Å². The molecule has 0 radical (unpaired) electrons. The molecule has 4 N–H and O–H groups in total. The minimum absolute atomic E-state index is 0.0589. The van der Waals surface area contributed by atoms with Crippen molar-refractivity contribution >= 4 is 11.6 Å². The number of rotatable bonds is 3. The number of nitrogens with two attached hydrogens (primary N) is 1. The maximum atomic E-state index is 11.5. The van der Waals surface area contributed by atoms with E-state index in [2.05, 4.69) is 5.32 Å². The minimum Gasteiger partial charge on any atom is -0.508 e. The average Bonchev–Trinajstić information content (AvgIpc) is 3.04. The van der Waals surface area contributed by atoms with E-state index in [1.54, 1.807) is 18.2 Å². The molecule has 4 nitrogen and oxygen atoms in total. The number of hydrogen-bond acceptors (Lipinski definition) is 3. The highest BCUT2D eigenvalue weighted by Crippen LogP contribution is 2.30.